The number of carbonyl (C=O) groups excluding carboxylic acids is 4. The van der Waals surface area contributed by atoms with Crippen LogP contribution in [0.25, 0.3) is 0 Å². The number of esters is 2. The molecule has 4 rings (SSSR count). The summed E-state index contributed by atoms with van der Waals surface area (Å²) in [4.78, 5) is 50.0. The van der Waals surface area contributed by atoms with E-state index in [4.69, 9.17) is 13.9 Å². The lowest BCUT2D eigenvalue weighted by atomic mass is 10.1. The molecule has 1 aromatic carbocycles. The average Bonchev–Trinajstić information content (AvgIpc) is 3.32. The van der Waals surface area contributed by atoms with Crippen molar-refractivity contribution in [3.63, 3.8) is 0 Å². The molecule has 0 saturated carbocycles. The Morgan fingerprint density at radius 2 is 1.96 bits per heavy atom. The molecule has 0 spiro atoms. The predicted octanol–water partition coefficient (Wildman–Crippen LogP) is 1.94. The molecule has 27 heavy (non-hydrogen) atoms. The summed E-state index contributed by atoms with van der Waals surface area (Å²) in [6.45, 7) is 1.71. The first-order valence-corrected chi connectivity index (χ1v) is 8.38. The van der Waals surface area contributed by atoms with Gasteiger partial charge in [0.2, 0.25) is 6.10 Å². The summed E-state index contributed by atoms with van der Waals surface area (Å²) in [5.74, 6) is -1.85. The highest BCUT2D eigenvalue weighted by Crippen LogP contribution is 2.27. The summed E-state index contributed by atoms with van der Waals surface area (Å²) in [6, 6.07) is 7.44. The Labute approximate surface area is 153 Å². The second-order valence-electron chi connectivity index (χ2n) is 6.41. The lowest BCUT2D eigenvalue weighted by Crippen LogP contribution is -2.28. The number of benzene rings is 1. The van der Waals surface area contributed by atoms with Crippen molar-refractivity contribution in [2.45, 2.75) is 32.1 Å². The van der Waals surface area contributed by atoms with E-state index in [-0.39, 0.29) is 35.8 Å². The van der Waals surface area contributed by atoms with Crippen LogP contribution in [0.15, 0.2) is 41.0 Å². The van der Waals surface area contributed by atoms with E-state index in [0.29, 0.717) is 5.76 Å². The molecule has 3 heterocycles. The molecule has 2 aromatic rings. The second-order valence-corrected chi connectivity index (χ2v) is 6.41. The Morgan fingerprint density at radius 1 is 1.19 bits per heavy atom. The molecule has 0 radical (unpaired) electrons. The SMILES string of the molecule is CC1CC(OC(=O)c2ccc3c(c2)C(=O)N(Cc2ccco2)C3=O)C(=O)O1. The van der Waals surface area contributed by atoms with Gasteiger partial charge in [-0.3, -0.25) is 14.5 Å². The van der Waals surface area contributed by atoms with Crippen LogP contribution in [-0.2, 0) is 20.8 Å². The standard InChI is InChI=1S/C19H15NO7/c1-10-7-15(19(24)26-10)27-18(23)11-4-5-13-14(8-11)17(22)20(16(13)21)9-12-3-2-6-25-12/h2-6,8,10,15H,7,9H2,1H3. The molecule has 2 atom stereocenters. The second kappa shape index (κ2) is 6.39. The molecule has 8 heteroatoms. The fourth-order valence-corrected chi connectivity index (χ4v) is 3.13. The number of nitrogens with zero attached hydrogens (tertiary/aromatic N) is 1. The minimum atomic E-state index is -0.964. The minimum Gasteiger partial charge on any atom is -0.467 e. The quantitative estimate of drug-likeness (QED) is 0.599. The van der Waals surface area contributed by atoms with E-state index in [0.717, 1.165) is 4.90 Å². The molecular weight excluding hydrogens is 354 g/mol. The van der Waals surface area contributed by atoms with Gasteiger partial charge in [0.25, 0.3) is 11.8 Å². The van der Waals surface area contributed by atoms with Crippen molar-refractivity contribution in [1.29, 1.82) is 0 Å². The van der Waals surface area contributed by atoms with Crippen LogP contribution in [0.4, 0.5) is 0 Å². The van der Waals surface area contributed by atoms with Gasteiger partial charge >= 0.3 is 11.9 Å². The van der Waals surface area contributed by atoms with E-state index in [2.05, 4.69) is 0 Å². The zero-order valence-corrected chi connectivity index (χ0v) is 14.3. The molecule has 1 saturated heterocycles. The van der Waals surface area contributed by atoms with Crippen molar-refractivity contribution in [3.8, 4) is 0 Å². The van der Waals surface area contributed by atoms with Crippen LogP contribution in [0.2, 0.25) is 0 Å². The van der Waals surface area contributed by atoms with Crippen LogP contribution >= 0.6 is 0 Å². The van der Waals surface area contributed by atoms with Crippen molar-refractivity contribution in [2.75, 3.05) is 0 Å². The third-order valence-corrected chi connectivity index (χ3v) is 4.48. The minimum absolute atomic E-state index is 0.00489. The molecule has 1 fully saturated rings. The molecule has 8 nitrogen and oxygen atoms in total. The van der Waals surface area contributed by atoms with Crippen LogP contribution in [0.3, 0.4) is 0 Å². The van der Waals surface area contributed by atoms with E-state index in [1.54, 1.807) is 19.1 Å². The number of fused-ring (bicyclic) bond motifs is 1. The molecule has 1 aromatic heterocycles. The molecule has 2 aliphatic rings. The summed E-state index contributed by atoms with van der Waals surface area (Å²) < 4.78 is 15.3. The molecule has 0 aliphatic carbocycles. The first-order chi connectivity index (χ1) is 12.9. The van der Waals surface area contributed by atoms with E-state index >= 15 is 0 Å². The number of amides is 2. The lowest BCUT2D eigenvalue weighted by Gasteiger charge is -2.11. The molecule has 2 amide bonds. The first-order valence-electron chi connectivity index (χ1n) is 8.38. The summed E-state index contributed by atoms with van der Waals surface area (Å²) in [5.41, 5.74) is 0.405. The van der Waals surface area contributed by atoms with Gasteiger partial charge in [0.1, 0.15) is 11.9 Å². The van der Waals surface area contributed by atoms with Gasteiger partial charge in [-0.15, -0.1) is 0 Å². The number of hydrogen-bond acceptors (Lipinski definition) is 7. The van der Waals surface area contributed by atoms with Gasteiger partial charge in [-0.2, -0.15) is 0 Å². The third kappa shape index (κ3) is 2.99. The Bertz CT molecular complexity index is 947. The summed E-state index contributed by atoms with van der Waals surface area (Å²) in [7, 11) is 0. The Kier molecular flexibility index (Phi) is 4.02. The van der Waals surface area contributed by atoms with Crippen molar-refractivity contribution in [3.05, 3.63) is 59.0 Å². The van der Waals surface area contributed by atoms with E-state index in [1.165, 1.54) is 24.5 Å². The Hall–Kier alpha value is -3.42. The zero-order valence-electron chi connectivity index (χ0n) is 14.3. The van der Waals surface area contributed by atoms with Crippen LogP contribution < -0.4 is 0 Å². The number of carbonyl (C=O) groups is 4. The molecular formula is C19H15NO7. The van der Waals surface area contributed by atoms with E-state index in [1.807, 2.05) is 0 Å². The van der Waals surface area contributed by atoms with Crippen LogP contribution in [0.5, 0.6) is 0 Å². The first kappa shape index (κ1) is 17.0. The fourth-order valence-electron chi connectivity index (χ4n) is 3.13. The van der Waals surface area contributed by atoms with Gasteiger partial charge < -0.3 is 13.9 Å². The van der Waals surface area contributed by atoms with Crippen molar-refractivity contribution in [2.24, 2.45) is 0 Å². The van der Waals surface area contributed by atoms with E-state index in [9.17, 15) is 19.2 Å². The number of furan rings is 1. The lowest BCUT2D eigenvalue weighted by molar-refractivity contribution is -0.147. The largest absolute Gasteiger partial charge is 0.467 e. The summed E-state index contributed by atoms with van der Waals surface area (Å²) in [6.07, 6.45) is 0.457. The normalized spacial score (nSPS) is 21.4. The molecule has 2 unspecified atom stereocenters. The maximum atomic E-state index is 12.6. The van der Waals surface area contributed by atoms with Crippen molar-refractivity contribution in [1.82, 2.24) is 4.90 Å². The number of rotatable bonds is 4. The Balaban J connectivity index is 1.54. The van der Waals surface area contributed by atoms with Gasteiger partial charge in [0.15, 0.2) is 0 Å². The smallest absolute Gasteiger partial charge is 0.347 e. The number of hydrogen-bond donors (Lipinski definition) is 0. The molecule has 2 aliphatic heterocycles. The number of ether oxygens (including phenoxy) is 2. The highest BCUT2D eigenvalue weighted by Gasteiger charge is 2.38. The van der Waals surface area contributed by atoms with Crippen LogP contribution in [-0.4, -0.2) is 40.9 Å². The highest BCUT2D eigenvalue weighted by molar-refractivity contribution is 6.21. The highest BCUT2D eigenvalue weighted by atomic mass is 16.6. The Morgan fingerprint density at radius 3 is 2.63 bits per heavy atom. The van der Waals surface area contributed by atoms with Crippen LogP contribution in [0.1, 0.15) is 50.2 Å². The van der Waals surface area contributed by atoms with Crippen molar-refractivity contribution >= 4 is 23.8 Å². The maximum Gasteiger partial charge on any atom is 0.347 e. The van der Waals surface area contributed by atoms with Gasteiger partial charge in [0.05, 0.1) is 29.5 Å². The monoisotopic (exact) mass is 369 g/mol. The summed E-state index contributed by atoms with van der Waals surface area (Å²) >= 11 is 0. The van der Waals surface area contributed by atoms with Gasteiger partial charge in [-0.1, -0.05) is 0 Å². The molecule has 0 N–H and O–H groups in total. The van der Waals surface area contributed by atoms with Crippen LogP contribution in [0, 0.1) is 0 Å². The summed E-state index contributed by atoms with van der Waals surface area (Å²) in [5, 5.41) is 0. The number of cyclic esters (lactones) is 1. The van der Waals surface area contributed by atoms with Gasteiger partial charge in [-0.05, 0) is 37.3 Å². The maximum absolute atomic E-state index is 12.6. The third-order valence-electron chi connectivity index (χ3n) is 4.48. The number of imide groups is 1. The molecule has 138 valence electrons. The van der Waals surface area contributed by atoms with Crippen molar-refractivity contribution < 1.29 is 33.1 Å². The predicted molar refractivity (Wildman–Crippen MR) is 88.7 cm³/mol. The van der Waals surface area contributed by atoms with Gasteiger partial charge in [0, 0.05) is 6.42 Å². The van der Waals surface area contributed by atoms with E-state index < -0.39 is 29.9 Å². The average molecular weight is 369 g/mol. The fraction of sp³-hybridized carbons (Fsp3) is 0.263. The molecule has 0 bridgehead atoms. The topological polar surface area (TPSA) is 103 Å². The zero-order chi connectivity index (χ0) is 19.1. The van der Waals surface area contributed by atoms with Gasteiger partial charge in [-0.25, -0.2) is 9.59 Å².